The molecule has 1 aromatic heterocycles. The maximum absolute atomic E-state index is 12.0. The molecule has 0 aliphatic carbocycles. The highest BCUT2D eigenvalue weighted by Gasteiger charge is 2.25. The van der Waals surface area contributed by atoms with E-state index in [2.05, 4.69) is 5.10 Å². The maximum atomic E-state index is 12.0. The van der Waals surface area contributed by atoms with Gasteiger partial charge >= 0.3 is 5.97 Å². The van der Waals surface area contributed by atoms with Crippen LogP contribution in [0.15, 0.2) is 6.07 Å². The van der Waals surface area contributed by atoms with Crippen LogP contribution in [0.2, 0.25) is 0 Å². The van der Waals surface area contributed by atoms with Crippen LogP contribution in [0.5, 0.6) is 0 Å². The molecule has 0 aliphatic heterocycles. The number of aryl methyl sites for hydroxylation is 2. The molecule has 0 fully saturated rings. The average Bonchev–Trinajstić information content (AvgIpc) is 2.57. The van der Waals surface area contributed by atoms with E-state index in [4.69, 9.17) is 5.11 Å². The summed E-state index contributed by atoms with van der Waals surface area (Å²) in [7, 11) is 1.51. The molecule has 6 heteroatoms. The fraction of sp³-hybridized carbons (Fsp3) is 0.583. The third-order valence-electron chi connectivity index (χ3n) is 2.92. The van der Waals surface area contributed by atoms with E-state index in [9.17, 15) is 9.59 Å². The van der Waals surface area contributed by atoms with Crippen LogP contribution in [0.1, 0.15) is 24.7 Å². The highest BCUT2D eigenvalue weighted by Crippen LogP contribution is 2.06. The smallest absolute Gasteiger partial charge is 0.326 e. The van der Waals surface area contributed by atoms with Crippen molar-refractivity contribution >= 4 is 11.9 Å². The Balaban J connectivity index is 2.76. The molecule has 0 saturated heterocycles. The summed E-state index contributed by atoms with van der Waals surface area (Å²) < 4.78 is 1.59. The van der Waals surface area contributed by atoms with Gasteiger partial charge in [-0.2, -0.15) is 5.10 Å². The van der Waals surface area contributed by atoms with Gasteiger partial charge in [-0.15, -0.1) is 0 Å². The van der Waals surface area contributed by atoms with Crippen molar-refractivity contribution in [1.29, 1.82) is 0 Å². The van der Waals surface area contributed by atoms with E-state index in [0.717, 1.165) is 11.4 Å². The standard InChI is InChI=1S/C12H19N3O3/c1-5-10(12(17)18)14(4)11(16)7-15-9(3)6-8(2)13-15/h6,10H,5,7H2,1-4H3,(H,17,18). The first-order valence-corrected chi connectivity index (χ1v) is 5.86. The van der Waals surface area contributed by atoms with Gasteiger partial charge in [0.15, 0.2) is 0 Å². The summed E-state index contributed by atoms with van der Waals surface area (Å²) in [5, 5.41) is 13.2. The molecule has 0 aliphatic rings. The largest absolute Gasteiger partial charge is 0.480 e. The van der Waals surface area contributed by atoms with E-state index in [0.29, 0.717) is 6.42 Å². The third-order valence-corrected chi connectivity index (χ3v) is 2.92. The van der Waals surface area contributed by atoms with Crippen LogP contribution in [-0.4, -0.2) is 44.8 Å². The first kappa shape index (κ1) is 14.2. The molecular weight excluding hydrogens is 234 g/mol. The quantitative estimate of drug-likeness (QED) is 0.843. The molecule has 1 heterocycles. The SMILES string of the molecule is CCC(C(=O)O)N(C)C(=O)Cn1nc(C)cc1C. The number of rotatable bonds is 5. The summed E-state index contributed by atoms with van der Waals surface area (Å²) >= 11 is 0. The number of likely N-dealkylation sites (N-methyl/N-ethyl adjacent to an activating group) is 1. The number of hydrogen-bond donors (Lipinski definition) is 1. The first-order valence-electron chi connectivity index (χ1n) is 5.86. The van der Waals surface area contributed by atoms with Gasteiger partial charge < -0.3 is 10.0 Å². The van der Waals surface area contributed by atoms with Crippen molar-refractivity contribution in [2.45, 2.75) is 39.8 Å². The Morgan fingerprint density at radius 3 is 2.50 bits per heavy atom. The second kappa shape index (κ2) is 5.66. The van der Waals surface area contributed by atoms with Crippen molar-refractivity contribution in [2.24, 2.45) is 0 Å². The number of carbonyl (C=O) groups excluding carboxylic acids is 1. The summed E-state index contributed by atoms with van der Waals surface area (Å²) in [4.78, 5) is 24.2. The third kappa shape index (κ3) is 3.09. The molecule has 1 unspecified atom stereocenters. The number of carbonyl (C=O) groups is 2. The van der Waals surface area contributed by atoms with Crippen molar-refractivity contribution in [3.8, 4) is 0 Å². The van der Waals surface area contributed by atoms with Crippen LogP contribution in [0.4, 0.5) is 0 Å². The lowest BCUT2D eigenvalue weighted by molar-refractivity contribution is -0.149. The second-order valence-corrected chi connectivity index (χ2v) is 4.35. The molecule has 1 N–H and O–H groups in total. The lowest BCUT2D eigenvalue weighted by Crippen LogP contribution is -2.43. The van der Waals surface area contributed by atoms with E-state index in [1.807, 2.05) is 19.9 Å². The highest BCUT2D eigenvalue weighted by atomic mass is 16.4. The van der Waals surface area contributed by atoms with E-state index in [1.54, 1.807) is 11.6 Å². The van der Waals surface area contributed by atoms with Crippen molar-refractivity contribution in [1.82, 2.24) is 14.7 Å². The van der Waals surface area contributed by atoms with Crippen molar-refractivity contribution in [3.05, 3.63) is 17.5 Å². The monoisotopic (exact) mass is 253 g/mol. The minimum atomic E-state index is -0.985. The van der Waals surface area contributed by atoms with Crippen LogP contribution in [0.3, 0.4) is 0 Å². The van der Waals surface area contributed by atoms with Gasteiger partial charge in [-0.05, 0) is 26.3 Å². The number of hydrogen-bond acceptors (Lipinski definition) is 3. The number of carboxylic acid groups (broad SMARTS) is 1. The molecule has 1 rings (SSSR count). The normalized spacial score (nSPS) is 12.2. The Bertz CT molecular complexity index is 453. The molecule has 1 aromatic rings. The lowest BCUT2D eigenvalue weighted by Gasteiger charge is -2.23. The number of aliphatic carboxylic acids is 1. The minimum absolute atomic E-state index is 0.0694. The first-order chi connectivity index (χ1) is 8.36. The predicted molar refractivity (Wildman–Crippen MR) is 66.2 cm³/mol. The summed E-state index contributed by atoms with van der Waals surface area (Å²) in [5.74, 6) is -1.24. The van der Waals surface area contributed by atoms with Gasteiger partial charge in [0.25, 0.3) is 0 Å². The van der Waals surface area contributed by atoms with Crippen LogP contribution < -0.4 is 0 Å². The highest BCUT2D eigenvalue weighted by molar-refractivity contribution is 5.83. The maximum Gasteiger partial charge on any atom is 0.326 e. The number of carboxylic acids is 1. The number of nitrogens with zero attached hydrogens (tertiary/aromatic N) is 3. The zero-order chi connectivity index (χ0) is 13.9. The van der Waals surface area contributed by atoms with Crippen LogP contribution in [-0.2, 0) is 16.1 Å². The van der Waals surface area contributed by atoms with Gasteiger partial charge in [0.2, 0.25) is 5.91 Å². The van der Waals surface area contributed by atoms with E-state index in [1.165, 1.54) is 11.9 Å². The molecular formula is C12H19N3O3. The predicted octanol–water partition coefficient (Wildman–Crippen LogP) is 0.822. The molecule has 0 bridgehead atoms. The molecule has 0 saturated carbocycles. The molecule has 1 atom stereocenters. The Labute approximate surface area is 106 Å². The van der Waals surface area contributed by atoms with Crippen LogP contribution in [0.25, 0.3) is 0 Å². The Morgan fingerprint density at radius 1 is 1.50 bits per heavy atom. The van der Waals surface area contributed by atoms with Gasteiger partial charge in [-0.1, -0.05) is 6.92 Å². The van der Waals surface area contributed by atoms with E-state index >= 15 is 0 Å². The molecule has 0 aromatic carbocycles. The zero-order valence-electron chi connectivity index (χ0n) is 11.2. The minimum Gasteiger partial charge on any atom is -0.480 e. The van der Waals surface area contributed by atoms with Gasteiger partial charge in [-0.25, -0.2) is 4.79 Å². The second-order valence-electron chi connectivity index (χ2n) is 4.35. The summed E-state index contributed by atoms with van der Waals surface area (Å²) in [6, 6.07) is 1.09. The molecule has 6 nitrogen and oxygen atoms in total. The van der Waals surface area contributed by atoms with Crippen molar-refractivity contribution in [2.75, 3.05) is 7.05 Å². The molecule has 0 radical (unpaired) electrons. The molecule has 0 spiro atoms. The Hall–Kier alpha value is -1.85. The van der Waals surface area contributed by atoms with Crippen molar-refractivity contribution < 1.29 is 14.7 Å². The zero-order valence-corrected chi connectivity index (χ0v) is 11.2. The van der Waals surface area contributed by atoms with Crippen LogP contribution in [0, 0.1) is 13.8 Å². The number of amides is 1. The Kier molecular flexibility index (Phi) is 4.47. The average molecular weight is 253 g/mol. The van der Waals surface area contributed by atoms with Gasteiger partial charge in [0, 0.05) is 12.7 Å². The van der Waals surface area contributed by atoms with Gasteiger partial charge in [0.05, 0.1) is 5.69 Å². The van der Waals surface area contributed by atoms with Gasteiger partial charge in [0.1, 0.15) is 12.6 Å². The molecule has 18 heavy (non-hydrogen) atoms. The number of aromatic nitrogens is 2. The summed E-state index contributed by atoms with van der Waals surface area (Å²) in [6.45, 7) is 5.53. The van der Waals surface area contributed by atoms with Crippen molar-refractivity contribution in [3.63, 3.8) is 0 Å². The fourth-order valence-corrected chi connectivity index (χ4v) is 1.86. The molecule has 100 valence electrons. The Morgan fingerprint density at radius 2 is 2.11 bits per heavy atom. The van der Waals surface area contributed by atoms with Gasteiger partial charge in [-0.3, -0.25) is 9.48 Å². The summed E-state index contributed by atoms with van der Waals surface area (Å²) in [6.07, 6.45) is 0.384. The molecule has 1 amide bonds. The summed E-state index contributed by atoms with van der Waals surface area (Å²) in [5.41, 5.74) is 1.73. The van der Waals surface area contributed by atoms with E-state index in [-0.39, 0.29) is 12.5 Å². The van der Waals surface area contributed by atoms with Crippen LogP contribution >= 0.6 is 0 Å². The fourth-order valence-electron chi connectivity index (χ4n) is 1.86. The lowest BCUT2D eigenvalue weighted by atomic mass is 10.2. The topological polar surface area (TPSA) is 75.4 Å². The van der Waals surface area contributed by atoms with E-state index < -0.39 is 12.0 Å².